The Kier molecular flexibility index (Phi) is 10.5. The Morgan fingerprint density at radius 2 is 1.52 bits per heavy atom. The van der Waals surface area contributed by atoms with Gasteiger partial charge in [0.05, 0.1) is 16.8 Å². The highest BCUT2D eigenvalue weighted by Gasteiger charge is 2.08. The van der Waals surface area contributed by atoms with Crippen molar-refractivity contribution < 1.29 is 5.11 Å². The van der Waals surface area contributed by atoms with Gasteiger partial charge in [-0.25, -0.2) is 0 Å². The van der Waals surface area contributed by atoms with Gasteiger partial charge in [0.2, 0.25) is 0 Å². The van der Waals surface area contributed by atoms with E-state index in [9.17, 15) is 5.11 Å². The summed E-state index contributed by atoms with van der Waals surface area (Å²) in [5, 5.41) is 10.6. The first kappa shape index (κ1) is 18.4. The number of halogens is 1. The van der Waals surface area contributed by atoms with Gasteiger partial charge in [-0.3, -0.25) is 4.98 Å². The number of hydrogen-bond acceptors (Lipinski definition) is 2. The fourth-order valence-electron chi connectivity index (χ4n) is 2.56. The first-order valence-corrected chi connectivity index (χ1v) is 8.91. The van der Waals surface area contributed by atoms with Gasteiger partial charge in [0, 0.05) is 6.20 Å². The second kappa shape index (κ2) is 12.0. The molecule has 1 aromatic heterocycles. The Labute approximate surface area is 134 Å². The predicted molar refractivity (Wildman–Crippen MR) is 90.7 cm³/mol. The zero-order chi connectivity index (χ0) is 15.3. The van der Waals surface area contributed by atoms with E-state index in [0.717, 1.165) is 18.5 Å². The zero-order valence-corrected chi connectivity index (χ0v) is 14.1. The molecular formula is C18H30ClNO. The van der Waals surface area contributed by atoms with Gasteiger partial charge in [-0.1, -0.05) is 82.7 Å². The van der Waals surface area contributed by atoms with Crippen molar-refractivity contribution in [2.24, 2.45) is 0 Å². The van der Waals surface area contributed by atoms with Crippen LogP contribution in [0.15, 0.2) is 18.3 Å². The SMILES string of the molecule is CCCCCCCCCCCCC(O)c1ccc(Cl)cn1. The smallest absolute Gasteiger partial charge is 0.0959 e. The molecule has 0 radical (unpaired) electrons. The highest BCUT2D eigenvalue weighted by Crippen LogP contribution is 2.20. The molecule has 0 bridgehead atoms. The number of aromatic nitrogens is 1. The number of hydrogen-bond donors (Lipinski definition) is 1. The van der Waals surface area contributed by atoms with Crippen LogP contribution >= 0.6 is 11.6 Å². The molecule has 0 aliphatic carbocycles. The van der Waals surface area contributed by atoms with Crippen LogP contribution in [-0.4, -0.2) is 10.1 Å². The molecule has 1 atom stereocenters. The Bertz CT molecular complexity index is 353. The van der Waals surface area contributed by atoms with E-state index in [1.54, 1.807) is 12.3 Å². The molecule has 3 heteroatoms. The van der Waals surface area contributed by atoms with E-state index in [0.29, 0.717) is 5.02 Å². The second-order valence-electron chi connectivity index (χ2n) is 5.89. The number of rotatable bonds is 12. The van der Waals surface area contributed by atoms with E-state index in [4.69, 9.17) is 11.6 Å². The minimum atomic E-state index is -0.448. The minimum absolute atomic E-state index is 0.448. The van der Waals surface area contributed by atoms with E-state index in [2.05, 4.69) is 11.9 Å². The normalized spacial score (nSPS) is 12.5. The lowest BCUT2D eigenvalue weighted by Gasteiger charge is -2.09. The van der Waals surface area contributed by atoms with Crippen LogP contribution in [-0.2, 0) is 0 Å². The molecule has 1 N–H and O–H groups in total. The average molecular weight is 312 g/mol. The molecule has 21 heavy (non-hydrogen) atoms. The lowest BCUT2D eigenvalue weighted by Crippen LogP contribution is -2.00. The van der Waals surface area contributed by atoms with Crippen molar-refractivity contribution in [2.45, 2.75) is 83.7 Å². The van der Waals surface area contributed by atoms with Crippen LogP contribution < -0.4 is 0 Å². The molecule has 0 aliphatic rings. The summed E-state index contributed by atoms with van der Waals surface area (Å²) in [4.78, 5) is 4.16. The van der Waals surface area contributed by atoms with Crippen LogP contribution in [0.5, 0.6) is 0 Å². The summed E-state index contributed by atoms with van der Waals surface area (Å²) in [6, 6.07) is 3.59. The second-order valence-corrected chi connectivity index (χ2v) is 6.32. The third-order valence-electron chi connectivity index (χ3n) is 3.92. The van der Waals surface area contributed by atoms with Gasteiger partial charge in [-0.15, -0.1) is 0 Å². The monoisotopic (exact) mass is 311 g/mol. The lowest BCUT2D eigenvalue weighted by molar-refractivity contribution is 0.158. The van der Waals surface area contributed by atoms with Crippen LogP contribution in [0.2, 0.25) is 5.02 Å². The summed E-state index contributed by atoms with van der Waals surface area (Å²) in [7, 11) is 0. The first-order chi connectivity index (χ1) is 10.2. The third kappa shape index (κ3) is 9.10. The molecule has 0 aromatic carbocycles. The average Bonchev–Trinajstić information content (AvgIpc) is 2.49. The molecule has 0 amide bonds. The van der Waals surface area contributed by atoms with Gasteiger partial charge in [0.1, 0.15) is 0 Å². The largest absolute Gasteiger partial charge is 0.387 e. The summed E-state index contributed by atoms with van der Waals surface area (Å²) in [6.45, 7) is 2.26. The molecule has 0 spiro atoms. The topological polar surface area (TPSA) is 33.1 Å². The molecule has 0 saturated carbocycles. The van der Waals surface area contributed by atoms with Gasteiger partial charge in [0.25, 0.3) is 0 Å². The van der Waals surface area contributed by atoms with E-state index in [-0.39, 0.29) is 0 Å². The highest BCUT2D eigenvalue weighted by molar-refractivity contribution is 6.30. The summed E-state index contributed by atoms with van der Waals surface area (Å²) in [6.07, 6.45) is 15.1. The molecule has 1 unspecified atom stereocenters. The molecule has 2 nitrogen and oxygen atoms in total. The molecule has 0 saturated heterocycles. The van der Waals surface area contributed by atoms with Crippen LogP contribution in [0.3, 0.4) is 0 Å². The van der Waals surface area contributed by atoms with Crippen LogP contribution in [0.4, 0.5) is 0 Å². The van der Waals surface area contributed by atoms with Crippen molar-refractivity contribution in [1.29, 1.82) is 0 Å². The van der Waals surface area contributed by atoms with Crippen molar-refractivity contribution in [3.8, 4) is 0 Å². The molecule has 120 valence electrons. The maximum Gasteiger partial charge on any atom is 0.0959 e. The van der Waals surface area contributed by atoms with Gasteiger partial charge in [-0.2, -0.15) is 0 Å². The number of aliphatic hydroxyl groups is 1. The summed E-state index contributed by atoms with van der Waals surface area (Å²) >= 11 is 5.79. The first-order valence-electron chi connectivity index (χ1n) is 8.53. The highest BCUT2D eigenvalue weighted by atomic mass is 35.5. The third-order valence-corrected chi connectivity index (χ3v) is 4.15. The molecule has 1 heterocycles. The maximum atomic E-state index is 10.0. The molecule has 1 rings (SSSR count). The van der Waals surface area contributed by atoms with E-state index >= 15 is 0 Å². The standard InChI is InChI=1S/C18H30ClNO/c1-2-3-4-5-6-7-8-9-10-11-12-18(21)17-14-13-16(19)15-20-17/h13-15,18,21H,2-12H2,1H3. The molecule has 0 fully saturated rings. The Hall–Kier alpha value is -0.600. The number of aliphatic hydroxyl groups excluding tert-OH is 1. The van der Waals surface area contributed by atoms with E-state index in [1.165, 1.54) is 57.8 Å². The van der Waals surface area contributed by atoms with Crippen molar-refractivity contribution in [3.63, 3.8) is 0 Å². The van der Waals surface area contributed by atoms with Gasteiger partial charge in [-0.05, 0) is 18.6 Å². The Balaban J connectivity index is 1.95. The van der Waals surface area contributed by atoms with Crippen LogP contribution in [0.1, 0.15) is 89.4 Å². The summed E-state index contributed by atoms with van der Waals surface area (Å²) in [5.74, 6) is 0. The van der Waals surface area contributed by atoms with Crippen molar-refractivity contribution in [3.05, 3.63) is 29.0 Å². The van der Waals surface area contributed by atoms with Crippen LogP contribution in [0, 0.1) is 0 Å². The minimum Gasteiger partial charge on any atom is -0.387 e. The Morgan fingerprint density at radius 1 is 0.952 bits per heavy atom. The predicted octanol–water partition coefficient (Wildman–Crippen LogP) is 6.08. The van der Waals surface area contributed by atoms with Crippen LogP contribution in [0.25, 0.3) is 0 Å². The summed E-state index contributed by atoms with van der Waals surface area (Å²) in [5.41, 5.74) is 0.732. The van der Waals surface area contributed by atoms with Gasteiger partial charge < -0.3 is 5.11 Å². The van der Waals surface area contributed by atoms with Gasteiger partial charge in [0.15, 0.2) is 0 Å². The maximum absolute atomic E-state index is 10.0. The fourth-order valence-corrected chi connectivity index (χ4v) is 2.67. The fraction of sp³-hybridized carbons (Fsp3) is 0.722. The number of pyridine rings is 1. The van der Waals surface area contributed by atoms with Crippen molar-refractivity contribution >= 4 is 11.6 Å². The van der Waals surface area contributed by atoms with Gasteiger partial charge >= 0.3 is 0 Å². The number of nitrogens with zero attached hydrogens (tertiary/aromatic N) is 1. The van der Waals surface area contributed by atoms with E-state index in [1.807, 2.05) is 6.07 Å². The Morgan fingerprint density at radius 3 is 2.05 bits per heavy atom. The molecular weight excluding hydrogens is 282 g/mol. The quantitative estimate of drug-likeness (QED) is 0.474. The van der Waals surface area contributed by atoms with E-state index < -0.39 is 6.10 Å². The number of unbranched alkanes of at least 4 members (excludes halogenated alkanes) is 9. The zero-order valence-electron chi connectivity index (χ0n) is 13.4. The summed E-state index contributed by atoms with van der Waals surface area (Å²) < 4.78 is 0. The molecule has 0 aliphatic heterocycles. The van der Waals surface area contributed by atoms with Crippen molar-refractivity contribution in [2.75, 3.05) is 0 Å². The van der Waals surface area contributed by atoms with Crippen molar-refractivity contribution in [1.82, 2.24) is 4.98 Å². The molecule has 1 aromatic rings. The lowest BCUT2D eigenvalue weighted by atomic mass is 10.0.